The van der Waals surface area contributed by atoms with E-state index in [0.29, 0.717) is 26.3 Å². The van der Waals surface area contributed by atoms with Crippen LogP contribution in [0.3, 0.4) is 0 Å². The van der Waals surface area contributed by atoms with Gasteiger partial charge in [-0.15, -0.1) is 0 Å². The second-order valence-corrected chi connectivity index (χ2v) is 20.9. The molecule has 4 N–H and O–H groups in total. The molecule has 0 radical (unpaired) electrons. The van der Waals surface area contributed by atoms with Gasteiger partial charge in [0.05, 0.1) is 37.8 Å². The molecular formula is C55H101N3O11. The summed E-state index contributed by atoms with van der Waals surface area (Å²) in [5.74, 6) is -6.19. The van der Waals surface area contributed by atoms with Crippen LogP contribution in [0.25, 0.3) is 0 Å². The number of nitrogens with zero attached hydrogens (tertiary/aromatic N) is 1. The van der Waals surface area contributed by atoms with Crippen LogP contribution in [0.5, 0.6) is 0 Å². The van der Waals surface area contributed by atoms with Crippen molar-refractivity contribution in [2.24, 2.45) is 28.6 Å². The molecule has 0 aromatic heterocycles. The molecular weight excluding hydrogens is 879 g/mol. The summed E-state index contributed by atoms with van der Waals surface area (Å²) >= 11 is 0. The summed E-state index contributed by atoms with van der Waals surface area (Å²) in [7, 11) is 0. The average molecular weight is 980 g/mol. The number of aliphatic carboxylic acids is 2. The fraction of sp³-hybridized carbons (Fsp3) is 0.891. The van der Waals surface area contributed by atoms with Crippen LogP contribution in [0.2, 0.25) is 0 Å². The van der Waals surface area contributed by atoms with Crippen LogP contribution >= 0.6 is 0 Å². The lowest BCUT2D eigenvalue weighted by Gasteiger charge is -2.46. The van der Waals surface area contributed by atoms with Crippen molar-refractivity contribution in [3.8, 4) is 0 Å². The van der Waals surface area contributed by atoms with Gasteiger partial charge in [0.2, 0.25) is 11.8 Å². The summed E-state index contributed by atoms with van der Waals surface area (Å²) in [5, 5.41) is 27.2. The maximum absolute atomic E-state index is 14.8. The molecule has 1 aliphatic heterocycles. The summed E-state index contributed by atoms with van der Waals surface area (Å²) in [6.45, 7) is 15.7. The minimum atomic E-state index is -1.86. The number of carboxylic acid groups (broad SMARTS) is 2. The van der Waals surface area contributed by atoms with E-state index in [1.807, 2.05) is 0 Å². The van der Waals surface area contributed by atoms with Crippen LogP contribution in [0.15, 0.2) is 0 Å². The highest BCUT2D eigenvalue weighted by Gasteiger charge is 2.56. The van der Waals surface area contributed by atoms with E-state index >= 15 is 0 Å². The average Bonchev–Trinajstić information content (AvgIpc) is 3.31. The molecule has 1 saturated heterocycles. The van der Waals surface area contributed by atoms with E-state index in [1.165, 1.54) is 25.7 Å². The summed E-state index contributed by atoms with van der Waals surface area (Å²) in [6.07, 6.45) is 23.9. The van der Waals surface area contributed by atoms with Gasteiger partial charge in [-0.3, -0.25) is 33.7 Å². The Balaban J connectivity index is 3.39. The molecule has 0 spiro atoms. The number of carbonyl (C=O) groups is 6. The topological polar surface area (TPSA) is 198 Å². The van der Waals surface area contributed by atoms with Crippen molar-refractivity contribution < 1.29 is 53.2 Å². The molecule has 0 aliphatic carbocycles. The predicted octanol–water partition coefficient (Wildman–Crippen LogP) is 11.1. The number of carboxylic acids is 2. The molecule has 14 nitrogen and oxygen atoms in total. The molecule has 1 heterocycles. The molecule has 14 heteroatoms. The fourth-order valence-electron chi connectivity index (χ4n) is 10.1. The van der Waals surface area contributed by atoms with Gasteiger partial charge in [-0.1, -0.05) is 183 Å². The molecule has 1 aliphatic rings. The Morgan fingerprint density at radius 2 is 1.09 bits per heavy atom. The normalized spacial score (nSPS) is 15.4. The number of carbonyl (C=O) groups excluding carboxylic acids is 4. The van der Waals surface area contributed by atoms with Gasteiger partial charge in [0, 0.05) is 51.0 Å². The summed E-state index contributed by atoms with van der Waals surface area (Å²) < 4.78 is 16.8. The van der Waals surface area contributed by atoms with E-state index in [2.05, 4.69) is 43.2 Å². The van der Waals surface area contributed by atoms with Gasteiger partial charge in [0.15, 0.2) is 0 Å². The van der Waals surface area contributed by atoms with Crippen LogP contribution in [0, 0.1) is 28.6 Å². The number of rotatable bonds is 45. The van der Waals surface area contributed by atoms with Crippen molar-refractivity contribution in [1.29, 1.82) is 0 Å². The second-order valence-electron chi connectivity index (χ2n) is 20.9. The largest absolute Gasteiger partial charge is 0.481 e. The third-order valence-electron chi connectivity index (χ3n) is 14.2. The first-order valence-corrected chi connectivity index (χ1v) is 27.8. The summed E-state index contributed by atoms with van der Waals surface area (Å²) in [6, 6.07) is 0. The highest BCUT2D eigenvalue weighted by atomic mass is 16.6. The molecule has 69 heavy (non-hydrogen) atoms. The fourth-order valence-corrected chi connectivity index (χ4v) is 10.1. The molecule has 0 saturated carbocycles. The Kier molecular flexibility index (Phi) is 36.4. The zero-order chi connectivity index (χ0) is 51.2. The van der Waals surface area contributed by atoms with Gasteiger partial charge in [-0.05, 0) is 37.5 Å². The monoisotopic (exact) mass is 980 g/mol. The first-order chi connectivity index (χ1) is 33.1. The van der Waals surface area contributed by atoms with E-state index in [9.17, 15) is 39.0 Å². The number of hydrogen-bond acceptors (Lipinski definition) is 10. The highest BCUT2D eigenvalue weighted by Crippen LogP contribution is 2.50. The number of morpholine rings is 1. The molecule has 1 fully saturated rings. The Bertz CT molecular complexity index is 1400. The number of nitrogens with one attached hydrogen (secondary N) is 2. The number of esters is 2. The standard InChI is InChI=1S/C55H101N3O11/c1-7-11-15-19-21-25-28-45(27-23-17-13-9-3)42-55(53(65)66,33-31-48(60)61)51(52(64)57-34-32-47(59)56-35-36-58-37-39-67-40-38-58)54(5,6)44-69-50(63)41-49(62)68-43-46(29-24-18-14-10-4)30-26-22-20-16-12-8-2/h45-46,51H,7-44H2,1-6H3,(H,56,59)(H,57,64)(H,60,61)(H,65,66). The smallest absolute Gasteiger partial charge is 0.317 e. The molecule has 0 bridgehead atoms. The van der Waals surface area contributed by atoms with Crippen molar-refractivity contribution in [2.45, 2.75) is 228 Å². The second kappa shape index (κ2) is 39.4. The van der Waals surface area contributed by atoms with E-state index in [1.54, 1.807) is 13.8 Å². The maximum Gasteiger partial charge on any atom is 0.317 e. The van der Waals surface area contributed by atoms with Crippen LogP contribution in [0.4, 0.5) is 0 Å². The van der Waals surface area contributed by atoms with E-state index in [0.717, 1.165) is 142 Å². The Labute approximate surface area is 418 Å². The van der Waals surface area contributed by atoms with Gasteiger partial charge in [0.1, 0.15) is 6.42 Å². The first kappa shape index (κ1) is 63.8. The zero-order valence-corrected chi connectivity index (χ0v) is 44.6. The van der Waals surface area contributed by atoms with Crippen molar-refractivity contribution in [3.05, 3.63) is 0 Å². The lowest BCUT2D eigenvalue weighted by molar-refractivity contribution is -0.171. The predicted molar refractivity (Wildman–Crippen MR) is 274 cm³/mol. The third kappa shape index (κ3) is 29.6. The van der Waals surface area contributed by atoms with Crippen molar-refractivity contribution in [3.63, 3.8) is 0 Å². The quantitative estimate of drug-likeness (QED) is 0.0256. The molecule has 2 amide bonds. The number of amides is 2. The molecule has 0 aromatic rings. The van der Waals surface area contributed by atoms with Crippen molar-refractivity contribution in [2.75, 3.05) is 59.2 Å². The number of unbranched alkanes of at least 4 members (excludes halogenated alkanes) is 16. The number of hydrogen-bond donors (Lipinski definition) is 4. The van der Waals surface area contributed by atoms with E-state index in [4.69, 9.17) is 14.2 Å². The Morgan fingerprint density at radius 3 is 1.59 bits per heavy atom. The molecule has 4 atom stereocenters. The molecule has 402 valence electrons. The van der Waals surface area contributed by atoms with Gasteiger partial charge in [-0.2, -0.15) is 0 Å². The van der Waals surface area contributed by atoms with Crippen LogP contribution in [0.1, 0.15) is 228 Å². The van der Waals surface area contributed by atoms with E-state index in [-0.39, 0.29) is 50.2 Å². The summed E-state index contributed by atoms with van der Waals surface area (Å²) in [4.78, 5) is 82.8. The van der Waals surface area contributed by atoms with Gasteiger partial charge in [0.25, 0.3) is 0 Å². The highest BCUT2D eigenvalue weighted by molar-refractivity contribution is 5.91. The van der Waals surface area contributed by atoms with Crippen LogP contribution < -0.4 is 10.6 Å². The minimum Gasteiger partial charge on any atom is -0.481 e. The maximum atomic E-state index is 14.8. The number of ether oxygens (including phenoxy) is 3. The van der Waals surface area contributed by atoms with E-state index < -0.39 is 66.0 Å². The Hall–Kier alpha value is -3.26. The minimum absolute atomic E-state index is 0.0507. The molecule has 0 aromatic carbocycles. The van der Waals surface area contributed by atoms with Crippen LogP contribution in [-0.4, -0.2) is 110 Å². The SMILES string of the molecule is CCCCCCCCC(CCCCCC)COC(=O)CC(=O)OCC(C)(C)C(C(=O)NCCC(=O)NCCN1CCOCC1)C(CCC(=O)O)(CC(CCCCCC)CCCCCCCC)C(=O)O. The molecule has 4 unspecified atom stereocenters. The third-order valence-corrected chi connectivity index (χ3v) is 14.2. The van der Waals surface area contributed by atoms with Crippen molar-refractivity contribution >= 4 is 35.7 Å². The van der Waals surface area contributed by atoms with Gasteiger partial charge >= 0.3 is 23.9 Å². The Morgan fingerprint density at radius 1 is 0.609 bits per heavy atom. The molecule has 1 rings (SSSR count). The van der Waals surface area contributed by atoms with Gasteiger partial charge in [-0.25, -0.2) is 0 Å². The van der Waals surface area contributed by atoms with Crippen LogP contribution in [-0.2, 0) is 43.0 Å². The van der Waals surface area contributed by atoms with Gasteiger partial charge < -0.3 is 35.1 Å². The lowest BCUT2D eigenvalue weighted by Crippen LogP contribution is -2.55. The van der Waals surface area contributed by atoms with Crippen molar-refractivity contribution in [1.82, 2.24) is 15.5 Å². The summed E-state index contributed by atoms with van der Waals surface area (Å²) in [5.41, 5.74) is -3.22. The lowest BCUT2D eigenvalue weighted by atomic mass is 9.57. The first-order valence-electron chi connectivity index (χ1n) is 27.8. The zero-order valence-electron chi connectivity index (χ0n) is 44.6.